The zero-order valence-electron chi connectivity index (χ0n) is 10.3. The SMILES string of the molecule is Cc1cc2c(cc1C1CNCCN1C)OCO2. The van der Waals surface area contributed by atoms with E-state index in [4.69, 9.17) is 9.47 Å². The van der Waals surface area contributed by atoms with E-state index in [2.05, 4.69) is 36.3 Å². The maximum Gasteiger partial charge on any atom is 0.231 e. The molecule has 4 heteroatoms. The topological polar surface area (TPSA) is 33.7 Å². The molecule has 1 N–H and O–H groups in total. The zero-order chi connectivity index (χ0) is 11.8. The van der Waals surface area contributed by atoms with Crippen molar-refractivity contribution < 1.29 is 9.47 Å². The molecule has 17 heavy (non-hydrogen) atoms. The fraction of sp³-hybridized carbons (Fsp3) is 0.538. The standard InChI is InChI=1S/C13H18N2O2/c1-9-5-12-13(17-8-16-12)6-10(9)11-7-14-3-4-15(11)2/h5-6,11,14H,3-4,7-8H2,1-2H3. The molecule has 2 aliphatic rings. The van der Waals surface area contributed by atoms with E-state index >= 15 is 0 Å². The number of piperazine rings is 1. The Morgan fingerprint density at radius 2 is 2.06 bits per heavy atom. The summed E-state index contributed by atoms with van der Waals surface area (Å²) in [6.07, 6.45) is 0. The third kappa shape index (κ3) is 1.87. The van der Waals surface area contributed by atoms with E-state index in [0.717, 1.165) is 31.1 Å². The van der Waals surface area contributed by atoms with Gasteiger partial charge in [-0.25, -0.2) is 0 Å². The van der Waals surface area contributed by atoms with Crippen LogP contribution in [-0.4, -0.2) is 38.4 Å². The number of hydrogen-bond donors (Lipinski definition) is 1. The van der Waals surface area contributed by atoms with Gasteiger partial charge in [0.2, 0.25) is 6.79 Å². The third-order valence-electron chi connectivity index (χ3n) is 3.63. The van der Waals surface area contributed by atoms with Gasteiger partial charge in [0.05, 0.1) is 0 Å². The van der Waals surface area contributed by atoms with Crippen molar-refractivity contribution in [2.75, 3.05) is 33.5 Å². The molecule has 1 atom stereocenters. The van der Waals surface area contributed by atoms with Crippen LogP contribution in [0.25, 0.3) is 0 Å². The number of likely N-dealkylation sites (N-methyl/N-ethyl adjacent to an activating group) is 1. The Morgan fingerprint density at radius 3 is 2.82 bits per heavy atom. The highest BCUT2D eigenvalue weighted by atomic mass is 16.7. The summed E-state index contributed by atoms with van der Waals surface area (Å²) in [4.78, 5) is 2.39. The number of nitrogens with one attached hydrogen (secondary N) is 1. The number of aryl methyl sites for hydroxylation is 1. The first kappa shape index (κ1) is 10.9. The fourth-order valence-electron chi connectivity index (χ4n) is 2.57. The molecule has 2 heterocycles. The second-order valence-electron chi connectivity index (χ2n) is 4.76. The average molecular weight is 234 g/mol. The molecular formula is C13H18N2O2. The van der Waals surface area contributed by atoms with Crippen LogP contribution in [0.15, 0.2) is 12.1 Å². The molecule has 1 aromatic rings. The summed E-state index contributed by atoms with van der Waals surface area (Å²) in [6, 6.07) is 4.64. The van der Waals surface area contributed by atoms with E-state index < -0.39 is 0 Å². The number of ether oxygens (including phenoxy) is 2. The van der Waals surface area contributed by atoms with Crippen LogP contribution in [0.3, 0.4) is 0 Å². The lowest BCUT2D eigenvalue weighted by atomic mass is 9.98. The molecule has 0 radical (unpaired) electrons. The normalized spacial score (nSPS) is 24.0. The maximum atomic E-state index is 5.46. The van der Waals surface area contributed by atoms with E-state index in [1.807, 2.05) is 0 Å². The largest absolute Gasteiger partial charge is 0.454 e. The van der Waals surface area contributed by atoms with Gasteiger partial charge in [0, 0.05) is 25.7 Å². The lowest BCUT2D eigenvalue weighted by Crippen LogP contribution is -2.44. The van der Waals surface area contributed by atoms with Crippen LogP contribution < -0.4 is 14.8 Å². The molecule has 1 saturated heterocycles. The second-order valence-corrected chi connectivity index (χ2v) is 4.76. The van der Waals surface area contributed by atoms with E-state index in [0.29, 0.717) is 12.8 Å². The molecule has 0 aliphatic carbocycles. The van der Waals surface area contributed by atoms with Gasteiger partial charge in [0.1, 0.15) is 0 Å². The Kier molecular flexibility index (Phi) is 2.68. The van der Waals surface area contributed by atoms with E-state index in [1.54, 1.807) is 0 Å². The van der Waals surface area contributed by atoms with Gasteiger partial charge in [-0.05, 0) is 37.2 Å². The Hall–Kier alpha value is -1.26. The van der Waals surface area contributed by atoms with Crippen LogP contribution in [0.1, 0.15) is 17.2 Å². The van der Waals surface area contributed by atoms with Crippen molar-refractivity contribution in [3.63, 3.8) is 0 Å². The molecule has 0 bridgehead atoms. The van der Waals surface area contributed by atoms with Gasteiger partial charge >= 0.3 is 0 Å². The van der Waals surface area contributed by atoms with Crippen molar-refractivity contribution in [2.45, 2.75) is 13.0 Å². The number of rotatable bonds is 1. The average Bonchev–Trinajstić information content (AvgIpc) is 2.76. The van der Waals surface area contributed by atoms with Crippen molar-refractivity contribution in [1.29, 1.82) is 0 Å². The highest BCUT2D eigenvalue weighted by Gasteiger charge is 2.25. The smallest absolute Gasteiger partial charge is 0.231 e. The lowest BCUT2D eigenvalue weighted by molar-refractivity contribution is 0.173. The molecule has 0 aromatic heterocycles. The molecule has 92 valence electrons. The lowest BCUT2D eigenvalue weighted by Gasteiger charge is -2.34. The maximum absolute atomic E-state index is 5.46. The van der Waals surface area contributed by atoms with Crippen LogP contribution in [0, 0.1) is 6.92 Å². The molecule has 1 unspecified atom stereocenters. The number of fused-ring (bicyclic) bond motifs is 1. The Balaban J connectivity index is 1.96. The zero-order valence-corrected chi connectivity index (χ0v) is 10.3. The quantitative estimate of drug-likeness (QED) is 0.794. The number of hydrogen-bond acceptors (Lipinski definition) is 4. The van der Waals surface area contributed by atoms with Crippen molar-refractivity contribution >= 4 is 0 Å². The van der Waals surface area contributed by atoms with Crippen LogP contribution in [0.4, 0.5) is 0 Å². The highest BCUT2D eigenvalue weighted by molar-refractivity contribution is 5.49. The van der Waals surface area contributed by atoms with Crippen LogP contribution in [0.2, 0.25) is 0 Å². The third-order valence-corrected chi connectivity index (χ3v) is 3.63. The van der Waals surface area contributed by atoms with Crippen molar-refractivity contribution in [1.82, 2.24) is 10.2 Å². The minimum atomic E-state index is 0.344. The molecule has 0 spiro atoms. The van der Waals surface area contributed by atoms with Gasteiger partial charge in [-0.15, -0.1) is 0 Å². The van der Waals surface area contributed by atoms with Gasteiger partial charge in [0.25, 0.3) is 0 Å². The van der Waals surface area contributed by atoms with Gasteiger partial charge in [0.15, 0.2) is 11.5 Å². The van der Waals surface area contributed by atoms with Gasteiger partial charge in [-0.2, -0.15) is 0 Å². The van der Waals surface area contributed by atoms with E-state index in [-0.39, 0.29) is 0 Å². The molecule has 0 saturated carbocycles. The summed E-state index contributed by atoms with van der Waals surface area (Å²) in [6.45, 7) is 5.63. The molecule has 1 fully saturated rings. The molecule has 2 aliphatic heterocycles. The second kappa shape index (κ2) is 4.20. The van der Waals surface area contributed by atoms with Gasteiger partial charge in [-0.3, -0.25) is 4.90 Å². The Bertz CT molecular complexity index is 434. The highest BCUT2D eigenvalue weighted by Crippen LogP contribution is 2.37. The Morgan fingerprint density at radius 1 is 1.29 bits per heavy atom. The molecule has 3 rings (SSSR count). The number of nitrogens with zero attached hydrogens (tertiary/aromatic N) is 1. The fourth-order valence-corrected chi connectivity index (χ4v) is 2.57. The van der Waals surface area contributed by atoms with Crippen molar-refractivity contribution in [2.24, 2.45) is 0 Å². The minimum absolute atomic E-state index is 0.344. The van der Waals surface area contributed by atoms with Crippen LogP contribution in [0.5, 0.6) is 11.5 Å². The summed E-state index contributed by atoms with van der Waals surface area (Å²) in [5, 5.41) is 3.44. The molecule has 0 amide bonds. The summed E-state index contributed by atoms with van der Waals surface area (Å²) in [5.74, 6) is 1.75. The molecular weight excluding hydrogens is 216 g/mol. The van der Waals surface area contributed by atoms with Gasteiger partial charge < -0.3 is 14.8 Å². The first-order valence-electron chi connectivity index (χ1n) is 6.07. The first-order valence-corrected chi connectivity index (χ1v) is 6.07. The minimum Gasteiger partial charge on any atom is -0.454 e. The number of benzene rings is 1. The first-order chi connectivity index (χ1) is 8.25. The van der Waals surface area contributed by atoms with E-state index in [1.165, 1.54) is 11.1 Å². The van der Waals surface area contributed by atoms with E-state index in [9.17, 15) is 0 Å². The molecule has 4 nitrogen and oxygen atoms in total. The summed E-state index contributed by atoms with van der Waals surface area (Å²) >= 11 is 0. The predicted octanol–water partition coefficient (Wildman–Crippen LogP) is 1.30. The summed E-state index contributed by atoms with van der Waals surface area (Å²) < 4.78 is 10.9. The molecule has 1 aromatic carbocycles. The van der Waals surface area contributed by atoms with Crippen LogP contribution >= 0.6 is 0 Å². The summed E-state index contributed by atoms with van der Waals surface area (Å²) in [5.41, 5.74) is 2.61. The van der Waals surface area contributed by atoms with Crippen molar-refractivity contribution in [3.8, 4) is 11.5 Å². The monoisotopic (exact) mass is 234 g/mol. The summed E-state index contributed by atoms with van der Waals surface area (Å²) in [7, 11) is 2.18. The van der Waals surface area contributed by atoms with Gasteiger partial charge in [-0.1, -0.05) is 0 Å². The van der Waals surface area contributed by atoms with Crippen molar-refractivity contribution in [3.05, 3.63) is 23.3 Å². The Labute approximate surface area is 102 Å². The predicted molar refractivity (Wildman–Crippen MR) is 65.5 cm³/mol. The van der Waals surface area contributed by atoms with Crippen LogP contribution in [-0.2, 0) is 0 Å².